The van der Waals surface area contributed by atoms with E-state index in [9.17, 15) is 21.6 Å². The lowest BCUT2D eigenvalue weighted by molar-refractivity contribution is -0.0557. The van der Waals surface area contributed by atoms with E-state index in [-0.39, 0.29) is 18.3 Å². The summed E-state index contributed by atoms with van der Waals surface area (Å²) in [6.45, 7) is 9.91. The van der Waals surface area contributed by atoms with E-state index in [1.807, 2.05) is 0 Å². The molecule has 0 aromatic carbocycles. The van der Waals surface area contributed by atoms with Crippen molar-refractivity contribution in [1.29, 1.82) is 0 Å². The van der Waals surface area contributed by atoms with Gasteiger partial charge < -0.3 is 9.16 Å². The summed E-state index contributed by atoms with van der Waals surface area (Å²) in [5.74, 6) is 0. The maximum atomic E-state index is 11.9. The number of hydrogen-bond acceptors (Lipinski definition) is 5. The van der Waals surface area contributed by atoms with Crippen LogP contribution in [0.5, 0.6) is 0 Å². The van der Waals surface area contributed by atoms with Crippen LogP contribution in [0.2, 0.25) is 18.1 Å². The third-order valence-corrected chi connectivity index (χ3v) is 8.83. The van der Waals surface area contributed by atoms with Crippen molar-refractivity contribution in [2.24, 2.45) is 0 Å². The Balaban J connectivity index is 3.86. The van der Waals surface area contributed by atoms with Crippen molar-refractivity contribution in [3.63, 3.8) is 0 Å². The number of ether oxygens (including phenoxy) is 1. The van der Waals surface area contributed by atoms with Gasteiger partial charge in [-0.2, -0.15) is 21.6 Å². The fourth-order valence-corrected chi connectivity index (χ4v) is 2.39. The van der Waals surface area contributed by atoms with Gasteiger partial charge >= 0.3 is 15.6 Å². The Morgan fingerprint density at radius 3 is 1.86 bits per heavy atom. The zero-order valence-electron chi connectivity index (χ0n) is 12.9. The van der Waals surface area contributed by atoms with Gasteiger partial charge in [0, 0.05) is 0 Å². The largest absolute Gasteiger partial charge is 0.523 e. The summed E-state index contributed by atoms with van der Waals surface area (Å²) in [5.41, 5.74) is -5.40. The van der Waals surface area contributed by atoms with E-state index in [1.54, 1.807) is 0 Å². The Morgan fingerprint density at radius 1 is 0.952 bits per heavy atom. The van der Waals surface area contributed by atoms with E-state index < -0.39 is 30.6 Å². The second-order valence-corrected chi connectivity index (χ2v) is 12.4. The standard InChI is InChI=1S/C11H23F3O5SSi/c1-10(2,3)21(4,5)19-9-7-17-6-8-18-20(15,16)11(12,13)14/h6-9H2,1-5H3. The summed E-state index contributed by atoms with van der Waals surface area (Å²) in [5, 5.41) is 0.0525. The van der Waals surface area contributed by atoms with Gasteiger partial charge in [-0.15, -0.1) is 0 Å². The van der Waals surface area contributed by atoms with Gasteiger partial charge in [-0.25, -0.2) is 0 Å². The molecule has 10 heteroatoms. The van der Waals surface area contributed by atoms with Crippen molar-refractivity contribution in [2.75, 3.05) is 26.4 Å². The number of rotatable bonds is 8. The van der Waals surface area contributed by atoms with Gasteiger partial charge in [0.05, 0.1) is 26.4 Å². The first kappa shape index (κ1) is 20.8. The van der Waals surface area contributed by atoms with Crippen molar-refractivity contribution in [3.8, 4) is 0 Å². The fourth-order valence-electron chi connectivity index (χ4n) is 0.944. The van der Waals surface area contributed by atoms with Crippen LogP contribution in [0, 0.1) is 0 Å². The van der Waals surface area contributed by atoms with Gasteiger partial charge in [0.1, 0.15) is 0 Å². The molecule has 0 radical (unpaired) electrons. The van der Waals surface area contributed by atoms with E-state index in [4.69, 9.17) is 9.16 Å². The van der Waals surface area contributed by atoms with E-state index in [1.165, 1.54) is 0 Å². The van der Waals surface area contributed by atoms with E-state index in [0.717, 1.165) is 0 Å². The van der Waals surface area contributed by atoms with Gasteiger partial charge in [0.15, 0.2) is 8.32 Å². The van der Waals surface area contributed by atoms with E-state index >= 15 is 0 Å². The molecular formula is C11H23F3O5SSi. The highest BCUT2D eigenvalue weighted by molar-refractivity contribution is 7.87. The highest BCUT2D eigenvalue weighted by Gasteiger charge is 2.47. The maximum Gasteiger partial charge on any atom is 0.523 e. The normalized spacial score (nSPS) is 14.5. The van der Waals surface area contributed by atoms with Gasteiger partial charge in [-0.05, 0) is 18.1 Å². The van der Waals surface area contributed by atoms with Gasteiger partial charge in [-0.1, -0.05) is 20.8 Å². The Labute approximate surface area is 125 Å². The van der Waals surface area contributed by atoms with Crippen LogP contribution in [0.1, 0.15) is 20.8 Å². The first-order valence-corrected chi connectivity index (χ1v) is 10.7. The molecule has 0 heterocycles. The Bertz CT molecular complexity index is 415. The summed E-state index contributed by atoms with van der Waals surface area (Å²) in [6, 6.07) is 0. The number of halogens is 3. The van der Waals surface area contributed by atoms with E-state index in [2.05, 4.69) is 38.0 Å². The predicted molar refractivity (Wildman–Crippen MR) is 74.9 cm³/mol. The second kappa shape index (κ2) is 7.40. The van der Waals surface area contributed by atoms with Crippen LogP contribution in [0.25, 0.3) is 0 Å². The topological polar surface area (TPSA) is 61.8 Å². The van der Waals surface area contributed by atoms with Crippen molar-refractivity contribution >= 4 is 18.4 Å². The minimum atomic E-state index is -5.54. The third-order valence-electron chi connectivity index (χ3n) is 3.25. The molecule has 5 nitrogen and oxygen atoms in total. The molecule has 0 aromatic heterocycles. The van der Waals surface area contributed by atoms with Crippen LogP contribution >= 0.6 is 0 Å². The summed E-state index contributed by atoms with van der Waals surface area (Å²) in [7, 11) is -7.42. The van der Waals surface area contributed by atoms with E-state index in [0.29, 0.717) is 6.61 Å². The Morgan fingerprint density at radius 2 is 1.43 bits per heavy atom. The van der Waals surface area contributed by atoms with Crippen LogP contribution in [0.4, 0.5) is 13.2 Å². The Kier molecular flexibility index (Phi) is 7.34. The minimum absolute atomic E-state index is 0.0525. The highest BCUT2D eigenvalue weighted by Crippen LogP contribution is 2.36. The zero-order chi connectivity index (χ0) is 16.9. The first-order chi connectivity index (χ1) is 9.21. The zero-order valence-corrected chi connectivity index (χ0v) is 14.7. The van der Waals surface area contributed by atoms with Crippen molar-refractivity contribution in [3.05, 3.63) is 0 Å². The lowest BCUT2D eigenvalue weighted by Crippen LogP contribution is -2.41. The second-order valence-electron chi connectivity index (χ2n) is 5.94. The highest BCUT2D eigenvalue weighted by atomic mass is 32.2. The maximum absolute atomic E-state index is 11.9. The van der Waals surface area contributed by atoms with Crippen molar-refractivity contribution in [1.82, 2.24) is 0 Å². The third kappa shape index (κ3) is 7.09. The van der Waals surface area contributed by atoms with Crippen LogP contribution in [-0.2, 0) is 23.5 Å². The molecule has 0 saturated carbocycles. The summed E-state index contributed by atoms with van der Waals surface area (Å²) >= 11 is 0. The molecule has 128 valence electrons. The quantitative estimate of drug-likeness (QED) is 0.291. The molecule has 0 aromatic rings. The molecule has 0 bridgehead atoms. The number of hydrogen-bond donors (Lipinski definition) is 0. The summed E-state index contributed by atoms with van der Waals surface area (Å²) < 4.78 is 71.5. The fraction of sp³-hybridized carbons (Fsp3) is 1.00. The summed E-state index contributed by atoms with van der Waals surface area (Å²) in [6.07, 6.45) is 0. The van der Waals surface area contributed by atoms with Crippen LogP contribution in [-0.4, -0.2) is 48.7 Å². The van der Waals surface area contributed by atoms with Gasteiger partial charge in [0.25, 0.3) is 0 Å². The molecule has 0 aliphatic rings. The average Bonchev–Trinajstić information content (AvgIpc) is 2.24. The molecule has 0 aliphatic heterocycles. The van der Waals surface area contributed by atoms with Crippen molar-refractivity contribution < 1.29 is 34.9 Å². The SMILES string of the molecule is CC(C)(C)[Si](C)(C)OCCOCCOS(=O)(=O)C(F)(F)F. The van der Waals surface area contributed by atoms with Gasteiger partial charge in [0.2, 0.25) is 0 Å². The molecule has 0 atom stereocenters. The van der Waals surface area contributed by atoms with Gasteiger partial charge in [-0.3, -0.25) is 4.18 Å². The molecule has 0 amide bonds. The van der Waals surface area contributed by atoms with Crippen molar-refractivity contribution in [2.45, 2.75) is 44.4 Å². The molecule has 0 saturated heterocycles. The van der Waals surface area contributed by atoms with Crippen LogP contribution < -0.4 is 0 Å². The lowest BCUT2D eigenvalue weighted by atomic mass is 10.2. The molecule has 0 aliphatic carbocycles. The molecule has 0 N–H and O–H groups in total. The van der Waals surface area contributed by atoms with Crippen LogP contribution in [0.15, 0.2) is 0 Å². The first-order valence-electron chi connectivity index (χ1n) is 6.38. The smallest absolute Gasteiger partial charge is 0.414 e. The van der Waals surface area contributed by atoms with Crippen LogP contribution in [0.3, 0.4) is 0 Å². The average molecular weight is 352 g/mol. The monoisotopic (exact) mass is 352 g/mol. The predicted octanol–water partition coefficient (Wildman–Crippen LogP) is 2.89. The molecular weight excluding hydrogens is 329 g/mol. The Hall–Kier alpha value is -0.163. The molecule has 0 fully saturated rings. The molecule has 0 rings (SSSR count). The number of alkyl halides is 3. The molecule has 0 unspecified atom stereocenters. The minimum Gasteiger partial charge on any atom is -0.414 e. The lowest BCUT2D eigenvalue weighted by Gasteiger charge is -2.36. The molecule has 21 heavy (non-hydrogen) atoms. The molecule has 0 spiro atoms. The summed E-state index contributed by atoms with van der Waals surface area (Å²) in [4.78, 5) is 0.